The molecule has 2 rings (SSSR count). The van der Waals surface area contributed by atoms with Crippen LogP contribution >= 0.6 is 0 Å². The molecule has 0 unspecified atom stereocenters. The van der Waals surface area contributed by atoms with Crippen LogP contribution in [-0.2, 0) is 20.9 Å². The van der Waals surface area contributed by atoms with Crippen LogP contribution in [0.2, 0.25) is 0 Å². The lowest BCUT2D eigenvalue weighted by Crippen LogP contribution is -2.30. The molecule has 1 aliphatic heterocycles. The minimum Gasteiger partial charge on any atom is -0.379 e. The van der Waals surface area contributed by atoms with Gasteiger partial charge >= 0.3 is 0 Å². The van der Waals surface area contributed by atoms with Crippen LogP contribution in [0.5, 0.6) is 0 Å². The van der Waals surface area contributed by atoms with Crippen molar-refractivity contribution in [1.29, 1.82) is 0 Å². The molecule has 0 N–H and O–H groups in total. The van der Waals surface area contributed by atoms with Gasteiger partial charge in [0.05, 0.1) is 6.10 Å². The molecule has 2 heterocycles. The number of amides is 2. The van der Waals surface area contributed by atoms with Crippen molar-refractivity contribution in [2.75, 3.05) is 34.3 Å². The van der Waals surface area contributed by atoms with Crippen molar-refractivity contribution in [1.82, 2.24) is 24.6 Å². The molecule has 1 fully saturated rings. The molecule has 128 valence electrons. The van der Waals surface area contributed by atoms with Gasteiger partial charge < -0.3 is 14.5 Å². The summed E-state index contributed by atoms with van der Waals surface area (Å²) < 4.78 is 7.18. The Hall–Kier alpha value is -1.96. The second kappa shape index (κ2) is 8.05. The summed E-state index contributed by atoms with van der Waals surface area (Å²) >= 11 is 0. The van der Waals surface area contributed by atoms with Crippen molar-refractivity contribution in [2.24, 2.45) is 5.92 Å². The molecule has 1 aliphatic rings. The van der Waals surface area contributed by atoms with E-state index in [1.807, 2.05) is 4.90 Å². The van der Waals surface area contributed by atoms with Gasteiger partial charge in [0.1, 0.15) is 12.7 Å². The van der Waals surface area contributed by atoms with E-state index in [0.717, 1.165) is 6.42 Å². The molecule has 0 aliphatic carbocycles. The minimum atomic E-state index is -0.0711. The highest BCUT2D eigenvalue weighted by Gasteiger charge is 2.36. The van der Waals surface area contributed by atoms with E-state index in [1.165, 1.54) is 6.33 Å². The van der Waals surface area contributed by atoms with Crippen LogP contribution in [-0.4, -0.2) is 76.8 Å². The SMILES string of the molecule is CO[C@H]1CN(C(=O)CCCn2cncn2)C[C@H]1CC(=O)N(C)C. The molecular weight excluding hydrogens is 298 g/mol. The number of aromatic nitrogens is 3. The van der Waals surface area contributed by atoms with Crippen molar-refractivity contribution in [3.63, 3.8) is 0 Å². The Labute approximate surface area is 136 Å². The van der Waals surface area contributed by atoms with Crippen LogP contribution in [0.3, 0.4) is 0 Å². The summed E-state index contributed by atoms with van der Waals surface area (Å²) in [6.45, 7) is 1.82. The number of methoxy groups -OCH3 is 1. The molecule has 2 amide bonds. The van der Waals surface area contributed by atoms with E-state index in [9.17, 15) is 9.59 Å². The number of aryl methyl sites for hydroxylation is 1. The molecule has 0 saturated carbocycles. The van der Waals surface area contributed by atoms with E-state index in [4.69, 9.17) is 4.74 Å². The van der Waals surface area contributed by atoms with Gasteiger partial charge in [-0.2, -0.15) is 5.10 Å². The number of rotatable bonds is 7. The number of hydrogen-bond donors (Lipinski definition) is 0. The lowest BCUT2D eigenvalue weighted by molar-refractivity contribution is -0.132. The second-order valence-electron chi connectivity index (χ2n) is 6.09. The van der Waals surface area contributed by atoms with Crippen molar-refractivity contribution in [2.45, 2.75) is 31.9 Å². The third kappa shape index (κ3) is 4.75. The second-order valence-corrected chi connectivity index (χ2v) is 6.09. The van der Waals surface area contributed by atoms with Gasteiger partial charge in [-0.3, -0.25) is 14.3 Å². The predicted molar refractivity (Wildman–Crippen MR) is 83.4 cm³/mol. The van der Waals surface area contributed by atoms with Gasteiger partial charge in [0, 0.05) is 59.6 Å². The van der Waals surface area contributed by atoms with Gasteiger partial charge in [-0.25, -0.2) is 4.98 Å². The summed E-state index contributed by atoms with van der Waals surface area (Å²) in [5.41, 5.74) is 0. The Morgan fingerprint density at radius 2 is 2.13 bits per heavy atom. The van der Waals surface area contributed by atoms with E-state index in [2.05, 4.69) is 10.1 Å². The molecule has 0 radical (unpaired) electrons. The molecular formula is C15H25N5O3. The first kappa shape index (κ1) is 17.4. The first-order valence-corrected chi connectivity index (χ1v) is 7.84. The van der Waals surface area contributed by atoms with Crippen LogP contribution in [0.15, 0.2) is 12.7 Å². The monoisotopic (exact) mass is 323 g/mol. The molecule has 8 heteroatoms. The van der Waals surface area contributed by atoms with Crippen LogP contribution in [0.4, 0.5) is 0 Å². The Morgan fingerprint density at radius 3 is 2.74 bits per heavy atom. The zero-order valence-corrected chi connectivity index (χ0v) is 14.0. The normalized spacial score (nSPS) is 20.7. The Balaban J connectivity index is 1.80. The predicted octanol–water partition coefficient (Wildman–Crippen LogP) is 0.0100. The number of ether oxygens (including phenoxy) is 1. The molecule has 1 saturated heterocycles. The van der Waals surface area contributed by atoms with Gasteiger partial charge in [0.25, 0.3) is 0 Å². The molecule has 1 aromatic rings. The topological polar surface area (TPSA) is 80.6 Å². The van der Waals surface area contributed by atoms with Crippen LogP contribution in [0.1, 0.15) is 19.3 Å². The third-order valence-corrected chi connectivity index (χ3v) is 4.22. The average Bonchev–Trinajstić information content (AvgIpc) is 3.16. The Bertz CT molecular complexity index is 517. The minimum absolute atomic E-state index is 0.0640. The van der Waals surface area contributed by atoms with Crippen LogP contribution in [0.25, 0.3) is 0 Å². The fraction of sp³-hybridized carbons (Fsp3) is 0.733. The maximum absolute atomic E-state index is 12.3. The molecule has 8 nitrogen and oxygen atoms in total. The van der Waals surface area contributed by atoms with E-state index in [1.54, 1.807) is 37.1 Å². The molecule has 2 atom stereocenters. The maximum atomic E-state index is 12.3. The van der Waals surface area contributed by atoms with E-state index < -0.39 is 0 Å². The van der Waals surface area contributed by atoms with E-state index >= 15 is 0 Å². The molecule has 1 aromatic heterocycles. The Kier molecular flexibility index (Phi) is 6.09. The fourth-order valence-corrected chi connectivity index (χ4v) is 2.81. The first-order valence-electron chi connectivity index (χ1n) is 7.84. The van der Waals surface area contributed by atoms with E-state index in [-0.39, 0.29) is 23.8 Å². The Morgan fingerprint density at radius 1 is 1.35 bits per heavy atom. The van der Waals surface area contributed by atoms with Gasteiger partial charge in [-0.05, 0) is 6.42 Å². The highest BCUT2D eigenvalue weighted by atomic mass is 16.5. The molecule has 0 bridgehead atoms. The van der Waals surface area contributed by atoms with Gasteiger partial charge in [-0.1, -0.05) is 0 Å². The van der Waals surface area contributed by atoms with E-state index in [0.29, 0.717) is 32.5 Å². The fourth-order valence-electron chi connectivity index (χ4n) is 2.81. The number of nitrogens with zero attached hydrogens (tertiary/aromatic N) is 5. The standard InChI is InChI=1S/C15H25N5O3/c1-18(2)15(22)7-12-8-19(9-13(12)23-3)14(21)5-4-6-20-11-16-10-17-20/h10-13H,4-9H2,1-3H3/t12-,13+/m1/s1. The summed E-state index contributed by atoms with van der Waals surface area (Å²) in [5, 5.41) is 4.02. The highest BCUT2D eigenvalue weighted by Crippen LogP contribution is 2.24. The highest BCUT2D eigenvalue weighted by molar-refractivity contribution is 5.78. The number of likely N-dealkylation sites (tertiary alicyclic amines) is 1. The summed E-state index contributed by atoms with van der Waals surface area (Å²) in [4.78, 5) is 31.5. The summed E-state index contributed by atoms with van der Waals surface area (Å²) in [6, 6.07) is 0. The van der Waals surface area contributed by atoms with Gasteiger partial charge in [0.15, 0.2) is 0 Å². The van der Waals surface area contributed by atoms with Gasteiger partial charge in [-0.15, -0.1) is 0 Å². The largest absolute Gasteiger partial charge is 0.379 e. The number of hydrogen-bond acceptors (Lipinski definition) is 5. The smallest absolute Gasteiger partial charge is 0.222 e. The molecule has 0 aromatic carbocycles. The average molecular weight is 323 g/mol. The van der Waals surface area contributed by atoms with Crippen molar-refractivity contribution < 1.29 is 14.3 Å². The van der Waals surface area contributed by atoms with Gasteiger partial charge in [0.2, 0.25) is 11.8 Å². The summed E-state index contributed by atoms with van der Waals surface area (Å²) in [6.07, 6.45) is 4.65. The summed E-state index contributed by atoms with van der Waals surface area (Å²) in [5.74, 6) is 0.235. The number of carbonyl (C=O) groups is 2. The lowest BCUT2D eigenvalue weighted by atomic mass is 10.0. The molecule has 0 spiro atoms. The summed E-state index contributed by atoms with van der Waals surface area (Å²) in [7, 11) is 5.12. The quantitative estimate of drug-likeness (QED) is 0.706. The van der Waals surface area contributed by atoms with Crippen LogP contribution in [0, 0.1) is 5.92 Å². The zero-order chi connectivity index (χ0) is 16.8. The maximum Gasteiger partial charge on any atom is 0.222 e. The van der Waals surface area contributed by atoms with Crippen LogP contribution < -0.4 is 0 Å². The number of carbonyl (C=O) groups excluding carboxylic acids is 2. The van der Waals surface area contributed by atoms with Crippen molar-refractivity contribution in [3.05, 3.63) is 12.7 Å². The van der Waals surface area contributed by atoms with Crippen molar-refractivity contribution >= 4 is 11.8 Å². The lowest BCUT2D eigenvalue weighted by Gasteiger charge is -2.18. The zero-order valence-electron chi connectivity index (χ0n) is 14.0. The third-order valence-electron chi connectivity index (χ3n) is 4.22. The first-order chi connectivity index (χ1) is 11.0. The van der Waals surface area contributed by atoms with Crippen molar-refractivity contribution in [3.8, 4) is 0 Å². The molecule has 23 heavy (non-hydrogen) atoms.